The van der Waals surface area contributed by atoms with Crippen molar-refractivity contribution in [1.29, 1.82) is 0 Å². The van der Waals surface area contributed by atoms with Crippen LogP contribution in [0.3, 0.4) is 0 Å². The second-order valence-corrected chi connectivity index (χ2v) is 7.31. The second kappa shape index (κ2) is 5.30. The number of nitrogens with zero attached hydrogens (tertiary/aromatic N) is 1. The van der Waals surface area contributed by atoms with Crippen molar-refractivity contribution in [3.63, 3.8) is 0 Å². The van der Waals surface area contributed by atoms with E-state index in [4.69, 9.17) is 4.74 Å². The summed E-state index contributed by atoms with van der Waals surface area (Å²) in [6, 6.07) is 7.39. The van der Waals surface area contributed by atoms with Crippen LogP contribution in [-0.4, -0.2) is 34.7 Å². The highest BCUT2D eigenvalue weighted by atomic mass is 16.5. The topological polar surface area (TPSA) is 66.8 Å². The molecule has 0 saturated carbocycles. The molecule has 1 N–H and O–H groups in total. The lowest BCUT2D eigenvalue weighted by atomic mass is 9.74. The number of hydrogen-bond donors (Lipinski definition) is 1. The number of carbonyl (C=O) groups is 2. The van der Waals surface area contributed by atoms with E-state index >= 15 is 0 Å². The van der Waals surface area contributed by atoms with Gasteiger partial charge in [0.05, 0.1) is 18.1 Å². The van der Waals surface area contributed by atoms with Crippen LogP contribution in [0.25, 0.3) is 0 Å². The Labute approximate surface area is 146 Å². The second-order valence-electron chi connectivity index (χ2n) is 7.31. The van der Waals surface area contributed by atoms with Gasteiger partial charge in [-0.05, 0) is 31.9 Å². The SMILES string of the molecule is C=C(C)C[C@@H]1N(c2ccccc2C)C(=O)[C@@H]2[C@@H](C(=O)O)[C@H]3C=C[C@]21O3. The van der Waals surface area contributed by atoms with Crippen LogP contribution < -0.4 is 4.90 Å². The molecule has 0 unspecified atom stereocenters. The summed E-state index contributed by atoms with van der Waals surface area (Å²) in [7, 11) is 0. The maximum Gasteiger partial charge on any atom is 0.310 e. The molecule has 5 nitrogen and oxygen atoms in total. The molecule has 2 saturated heterocycles. The minimum atomic E-state index is -0.977. The van der Waals surface area contributed by atoms with Gasteiger partial charge < -0.3 is 14.7 Å². The molecule has 2 bridgehead atoms. The van der Waals surface area contributed by atoms with E-state index in [9.17, 15) is 14.7 Å². The van der Waals surface area contributed by atoms with Crippen molar-refractivity contribution in [2.24, 2.45) is 11.8 Å². The lowest BCUT2D eigenvalue weighted by Gasteiger charge is -2.34. The fraction of sp³-hybridized carbons (Fsp3) is 0.400. The van der Waals surface area contributed by atoms with E-state index < -0.39 is 29.5 Å². The number of carboxylic acids is 1. The van der Waals surface area contributed by atoms with Gasteiger partial charge in [-0.15, -0.1) is 6.58 Å². The molecule has 1 amide bonds. The molecule has 25 heavy (non-hydrogen) atoms. The Bertz CT molecular complexity index is 814. The van der Waals surface area contributed by atoms with Crippen LogP contribution in [0.4, 0.5) is 5.69 Å². The molecule has 4 rings (SSSR count). The lowest BCUT2D eigenvalue weighted by molar-refractivity contribution is -0.146. The Morgan fingerprint density at radius 2 is 2.12 bits per heavy atom. The monoisotopic (exact) mass is 339 g/mol. The van der Waals surface area contributed by atoms with Gasteiger partial charge in [-0.3, -0.25) is 9.59 Å². The number of carboxylic acid groups (broad SMARTS) is 1. The Balaban J connectivity index is 1.87. The molecule has 1 aromatic rings. The summed E-state index contributed by atoms with van der Waals surface area (Å²) in [5.74, 6) is -2.67. The van der Waals surface area contributed by atoms with Crippen molar-refractivity contribution in [1.82, 2.24) is 0 Å². The molecule has 5 heteroatoms. The zero-order chi connectivity index (χ0) is 17.9. The van der Waals surface area contributed by atoms with Crippen LogP contribution in [0.1, 0.15) is 18.9 Å². The van der Waals surface area contributed by atoms with Gasteiger partial charge in [0.2, 0.25) is 5.91 Å². The Morgan fingerprint density at radius 3 is 2.76 bits per heavy atom. The minimum absolute atomic E-state index is 0.167. The van der Waals surface area contributed by atoms with Gasteiger partial charge in [-0.1, -0.05) is 35.9 Å². The first kappa shape index (κ1) is 16.1. The number of aliphatic carboxylic acids is 1. The molecular weight excluding hydrogens is 318 g/mol. The summed E-state index contributed by atoms with van der Waals surface area (Å²) in [5.41, 5.74) is 1.84. The number of anilines is 1. The average molecular weight is 339 g/mol. The summed E-state index contributed by atoms with van der Waals surface area (Å²) in [4.78, 5) is 26.9. The zero-order valence-corrected chi connectivity index (χ0v) is 14.3. The zero-order valence-electron chi connectivity index (χ0n) is 14.3. The van der Waals surface area contributed by atoms with Crippen LogP contribution in [-0.2, 0) is 14.3 Å². The van der Waals surface area contributed by atoms with Crippen molar-refractivity contribution in [2.75, 3.05) is 4.90 Å². The molecule has 1 aromatic carbocycles. The number of benzene rings is 1. The maximum absolute atomic E-state index is 13.4. The Kier molecular flexibility index (Phi) is 3.41. The summed E-state index contributed by atoms with van der Waals surface area (Å²) < 4.78 is 6.14. The lowest BCUT2D eigenvalue weighted by Crippen LogP contribution is -2.45. The quantitative estimate of drug-likeness (QED) is 0.857. The minimum Gasteiger partial charge on any atom is -0.481 e. The van der Waals surface area contributed by atoms with Crippen molar-refractivity contribution in [3.05, 3.63) is 54.1 Å². The van der Waals surface area contributed by atoms with Crippen molar-refractivity contribution >= 4 is 17.6 Å². The summed E-state index contributed by atoms with van der Waals surface area (Å²) in [5, 5.41) is 9.67. The third-order valence-corrected chi connectivity index (χ3v) is 5.62. The molecule has 3 aliphatic rings. The van der Waals surface area contributed by atoms with Crippen LogP contribution in [0.5, 0.6) is 0 Å². The standard InChI is InChI=1S/C20H21NO4/c1-11(2)10-15-20-9-8-14(25-20)16(19(23)24)17(20)18(22)21(15)13-7-5-4-6-12(13)3/h4-9,14-17H,1,10H2,2-3H3,(H,23,24)/t14-,15+,16+,17+,20-/m1/s1. The number of amides is 1. The van der Waals surface area contributed by atoms with Crippen LogP contribution in [0, 0.1) is 18.8 Å². The maximum atomic E-state index is 13.4. The Morgan fingerprint density at radius 1 is 1.40 bits per heavy atom. The number of rotatable bonds is 4. The molecule has 3 aliphatic heterocycles. The van der Waals surface area contributed by atoms with Crippen LogP contribution in [0.2, 0.25) is 0 Å². The van der Waals surface area contributed by atoms with Crippen molar-refractivity contribution in [2.45, 2.75) is 38.0 Å². The van der Waals surface area contributed by atoms with Gasteiger partial charge in [0.1, 0.15) is 11.5 Å². The number of carbonyl (C=O) groups excluding carboxylic acids is 1. The number of hydrogen-bond acceptors (Lipinski definition) is 3. The van der Waals surface area contributed by atoms with Crippen molar-refractivity contribution in [3.8, 4) is 0 Å². The molecule has 0 aromatic heterocycles. The summed E-state index contributed by atoms with van der Waals surface area (Å²) >= 11 is 0. The highest BCUT2D eigenvalue weighted by Gasteiger charge is 2.71. The molecule has 2 fully saturated rings. The summed E-state index contributed by atoms with van der Waals surface area (Å²) in [6.45, 7) is 7.88. The number of fused-ring (bicyclic) bond motifs is 1. The fourth-order valence-corrected chi connectivity index (χ4v) is 4.63. The van der Waals surface area contributed by atoms with Crippen LogP contribution >= 0.6 is 0 Å². The largest absolute Gasteiger partial charge is 0.481 e. The van der Waals surface area contributed by atoms with E-state index in [1.807, 2.05) is 44.2 Å². The molecular formula is C20H21NO4. The molecule has 3 heterocycles. The van der Waals surface area contributed by atoms with Gasteiger partial charge in [0.25, 0.3) is 0 Å². The van der Waals surface area contributed by atoms with Gasteiger partial charge >= 0.3 is 5.97 Å². The van der Waals surface area contributed by atoms with Gasteiger partial charge in [0.15, 0.2) is 0 Å². The van der Waals surface area contributed by atoms with E-state index in [-0.39, 0.29) is 11.9 Å². The van der Waals surface area contributed by atoms with Crippen LogP contribution in [0.15, 0.2) is 48.6 Å². The first-order valence-electron chi connectivity index (χ1n) is 8.50. The number of aryl methyl sites for hydroxylation is 1. The van der Waals surface area contributed by atoms with Crippen molar-refractivity contribution < 1.29 is 19.4 Å². The van der Waals surface area contributed by atoms with E-state index in [1.165, 1.54) is 0 Å². The van der Waals surface area contributed by atoms with Gasteiger partial charge in [-0.2, -0.15) is 0 Å². The van der Waals surface area contributed by atoms with Gasteiger partial charge in [0, 0.05) is 5.69 Å². The average Bonchev–Trinajstić information content (AvgIpc) is 3.18. The van der Waals surface area contributed by atoms with E-state index in [2.05, 4.69) is 6.58 Å². The third-order valence-electron chi connectivity index (χ3n) is 5.62. The molecule has 0 aliphatic carbocycles. The highest BCUT2D eigenvalue weighted by Crippen LogP contribution is 2.57. The predicted molar refractivity (Wildman–Crippen MR) is 93.2 cm³/mol. The highest BCUT2D eigenvalue weighted by molar-refractivity contribution is 6.03. The number of ether oxygens (including phenoxy) is 1. The molecule has 5 atom stereocenters. The molecule has 0 radical (unpaired) electrons. The van der Waals surface area contributed by atoms with E-state index in [0.29, 0.717) is 6.42 Å². The smallest absolute Gasteiger partial charge is 0.310 e. The summed E-state index contributed by atoms with van der Waals surface area (Å²) in [6.07, 6.45) is 3.75. The number of para-hydroxylation sites is 1. The third kappa shape index (κ3) is 2.05. The fourth-order valence-electron chi connectivity index (χ4n) is 4.63. The van der Waals surface area contributed by atoms with Gasteiger partial charge in [-0.25, -0.2) is 0 Å². The first-order chi connectivity index (χ1) is 11.9. The predicted octanol–water partition coefficient (Wildman–Crippen LogP) is 2.70. The van der Waals surface area contributed by atoms with E-state index in [0.717, 1.165) is 16.8 Å². The normalized spacial score (nSPS) is 35.3. The Hall–Kier alpha value is -2.40. The molecule has 1 spiro atoms. The molecule has 130 valence electrons. The first-order valence-corrected chi connectivity index (χ1v) is 8.50. The van der Waals surface area contributed by atoms with E-state index in [1.54, 1.807) is 11.0 Å².